The number of rotatable bonds is 3. The van der Waals surface area contributed by atoms with Crippen LogP contribution in [0.1, 0.15) is 0 Å². The summed E-state index contributed by atoms with van der Waals surface area (Å²) in [7, 11) is 0. The Morgan fingerprint density at radius 1 is 0.514 bits per heavy atom. The third-order valence-electron chi connectivity index (χ3n) is 6.61. The Morgan fingerprint density at radius 3 is 2.11 bits per heavy atom. The van der Waals surface area contributed by atoms with Gasteiger partial charge in [-0.2, -0.15) is 0 Å². The molecule has 4 aromatic carbocycles. The molecule has 0 bridgehead atoms. The molecule has 0 N–H and O–H groups in total. The van der Waals surface area contributed by atoms with Crippen LogP contribution in [0.3, 0.4) is 0 Å². The Balaban J connectivity index is 0.00000252. The maximum Gasteiger partial charge on any atom is 0.0884 e. The van der Waals surface area contributed by atoms with E-state index in [2.05, 4.69) is 83.8 Å². The van der Waals surface area contributed by atoms with Gasteiger partial charge in [0, 0.05) is 43.4 Å². The molecule has 4 heteroatoms. The third-order valence-corrected chi connectivity index (χ3v) is 6.61. The van der Waals surface area contributed by atoms with Crippen LogP contribution in [0.5, 0.6) is 0 Å². The zero-order chi connectivity index (χ0) is 23.9. The molecule has 3 aromatic heterocycles. The zero-order valence-corrected chi connectivity index (χ0v) is 22.0. The molecule has 0 radical (unpaired) electrons. The molecule has 37 heavy (non-hydrogen) atoms. The summed E-state index contributed by atoms with van der Waals surface area (Å²) in [6, 6.07) is 42.7. The van der Waals surface area contributed by atoms with Gasteiger partial charge in [-0.15, -0.1) is 35.4 Å². The summed E-state index contributed by atoms with van der Waals surface area (Å²) in [5.41, 5.74) is 7.73. The van der Waals surface area contributed by atoms with Crippen LogP contribution in [0.15, 0.2) is 121 Å². The predicted molar refractivity (Wildman–Crippen MR) is 147 cm³/mol. The number of benzene rings is 4. The minimum atomic E-state index is 0. The van der Waals surface area contributed by atoms with E-state index in [0.717, 1.165) is 60.8 Å². The van der Waals surface area contributed by atoms with Crippen LogP contribution in [0.2, 0.25) is 0 Å². The predicted octanol–water partition coefficient (Wildman–Crippen LogP) is 8.13. The van der Waals surface area contributed by atoms with Crippen molar-refractivity contribution in [3.05, 3.63) is 128 Å². The molecule has 0 saturated carbocycles. The maximum absolute atomic E-state index is 5.11. The molecule has 178 valence electrons. The Kier molecular flexibility index (Phi) is 6.08. The van der Waals surface area contributed by atoms with Crippen LogP contribution in [0.4, 0.5) is 0 Å². The second kappa shape index (κ2) is 9.69. The van der Waals surface area contributed by atoms with Crippen LogP contribution >= 0.6 is 0 Å². The van der Waals surface area contributed by atoms with Crippen molar-refractivity contribution in [3.63, 3.8) is 0 Å². The van der Waals surface area contributed by atoms with Gasteiger partial charge < -0.3 is 0 Å². The number of nitrogens with zero attached hydrogens (tertiary/aromatic N) is 3. The molecule has 3 heterocycles. The van der Waals surface area contributed by atoms with Crippen LogP contribution < -0.4 is 0 Å². The standard InChI is InChI=1S/C33H20N3.Pt/c1-2-7-22(8-3-1)26-9-4-10-27(21-26)28-12-5-13-29(35-28)30-19-18-25-17-15-23-14-16-24-11-6-20-34-32(24)31(23)33(25)36-30;/h1-9,11-21H;/q-1;. The zero-order valence-electron chi connectivity index (χ0n) is 19.7. The average Bonchev–Trinajstić information content (AvgIpc) is 2.97. The fraction of sp³-hybridized carbons (Fsp3) is 0. The van der Waals surface area contributed by atoms with Crippen molar-refractivity contribution >= 4 is 32.6 Å². The van der Waals surface area contributed by atoms with Crippen LogP contribution in [0, 0.1) is 6.07 Å². The van der Waals surface area contributed by atoms with Crippen molar-refractivity contribution in [1.82, 2.24) is 15.0 Å². The van der Waals surface area contributed by atoms with E-state index in [1.807, 2.05) is 48.7 Å². The van der Waals surface area contributed by atoms with Crippen molar-refractivity contribution in [2.24, 2.45) is 0 Å². The summed E-state index contributed by atoms with van der Waals surface area (Å²) in [5, 5.41) is 4.41. The molecule has 0 unspecified atom stereocenters. The van der Waals surface area contributed by atoms with Crippen molar-refractivity contribution in [2.75, 3.05) is 0 Å². The Labute approximate surface area is 229 Å². The van der Waals surface area contributed by atoms with Crippen LogP contribution in [0.25, 0.3) is 66.4 Å². The van der Waals surface area contributed by atoms with Gasteiger partial charge in [-0.1, -0.05) is 78.9 Å². The smallest absolute Gasteiger partial charge is 0.0884 e. The number of fused-ring (bicyclic) bond motifs is 5. The van der Waals surface area contributed by atoms with Crippen molar-refractivity contribution in [3.8, 4) is 33.8 Å². The topological polar surface area (TPSA) is 38.7 Å². The van der Waals surface area contributed by atoms with E-state index >= 15 is 0 Å². The second-order valence-corrected chi connectivity index (χ2v) is 8.84. The van der Waals surface area contributed by atoms with Crippen LogP contribution in [-0.4, -0.2) is 15.0 Å². The van der Waals surface area contributed by atoms with Gasteiger partial charge in [0.05, 0.1) is 22.4 Å². The quantitative estimate of drug-likeness (QED) is 0.143. The minimum absolute atomic E-state index is 0. The first-order chi connectivity index (χ1) is 17.8. The van der Waals surface area contributed by atoms with E-state index in [9.17, 15) is 0 Å². The van der Waals surface area contributed by atoms with E-state index in [4.69, 9.17) is 9.97 Å². The van der Waals surface area contributed by atoms with E-state index in [0.29, 0.717) is 0 Å². The van der Waals surface area contributed by atoms with Crippen molar-refractivity contribution < 1.29 is 21.1 Å². The molecular weight excluding hydrogens is 633 g/mol. The Bertz CT molecular complexity index is 1890. The summed E-state index contributed by atoms with van der Waals surface area (Å²) in [6.07, 6.45) is 1.84. The van der Waals surface area contributed by atoms with E-state index in [-0.39, 0.29) is 21.1 Å². The first-order valence-corrected chi connectivity index (χ1v) is 12.0. The second-order valence-electron chi connectivity index (χ2n) is 8.84. The molecule has 3 nitrogen and oxygen atoms in total. The molecule has 0 aliphatic carbocycles. The van der Waals surface area contributed by atoms with E-state index in [1.54, 1.807) is 0 Å². The summed E-state index contributed by atoms with van der Waals surface area (Å²) >= 11 is 0. The summed E-state index contributed by atoms with van der Waals surface area (Å²) in [5.74, 6) is 0. The van der Waals surface area contributed by atoms with Gasteiger partial charge in [-0.25, -0.2) is 4.98 Å². The van der Waals surface area contributed by atoms with Gasteiger partial charge in [-0.3, -0.25) is 9.97 Å². The SMILES string of the molecule is [Pt].[c-]1ccc(-c2ccccc2)cc1-c1cccc(-c2ccc3ccc4ccc5cccnc5c4c3n2)n1. The van der Waals surface area contributed by atoms with Gasteiger partial charge >= 0.3 is 0 Å². The minimum Gasteiger partial charge on any atom is -0.295 e. The number of hydrogen-bond acceptors (Lipinski definition) is 3. The summed E-state index contributed by atoms with van der Waals surface area (Å²) in [4.78, 5) is 14.8. The van der Waals surface area contributed by atoms with Gasteiger partial charge in [0.1, 0.15) is 0 Å². The van der Waals surface area contributed by atoms with E-state index < -0.39 is 0 Å². The fourth-order valence-corrected chi connectivity index (χ4v) is 4.83. The molecule has 0 spiro atoms. The molecular formula is C33H20N3Pt-. The summed E-state index contributed by atoms with van der Waals surface area (Å²) in [6.45, 7) is 0. The van der Waals surface area contributed by atoms with Crippen molar-refractivity contribution in [2.45, 2.75) is 0 Å². The average molecular weight is 654 g/mol. The molecule has 0 saturated heterocycles. The maximum atomic E-state index is 5.11. The molecule has 0 aliphatic heterocycles. The van der Waals surface area contributed by atoms with E-state index in [1.165, 1.54) is 5.56 Å². The molecule has 0 atom stereocenters. The normalized spacial score (nSPS) is 11.0. The van der Waals surface area contributed by atoms with Gasteiger partial charge in [0.25, 0.3) is 0 Å². The monoisotopic (exact) mass is 653 g/mol. The summed E-state index contributed by atoms with van der Waals surface area (Å²) < 4.78 is 0. The molecule has 0 aliphatic rings. The largest absolute Gasteiger partial charge is 0.295 e. The Hall–Kier alpha value is -4.20. The van der Waals surface area contributed by atoms with Crippen molar-refractivity contribution in [1.29, 1.82) is 0 Å². The molecule has 0 amide bonds. The van der Waals surface area contributed by atoms with Gasteiger partial charge in [0.2, 0.25) is 0 Å². The van der Waals surface area contributed by atoms with Gasteiger partial charge in [0.15, 0.2) is 0 Å². The number of hydrogen-bond donors (Lipinski definition) is 0. The van der Waals surface area contributed by atoms with Gasteiger partial charge in [-0.05, 0) is 34.8 Å². The number of aromatic nitrogens is 3. The fourth-order valence-electron chi connectivity index (χ4n) is 4.83. The first kappa shape index (κ1) is 23.2. The molecule has 7 rings (SSSR count). The Morgan fingerprint density at radius 2 is 1.24 bits per heavy atom. The third kappa shape index (κ3) is 4.22. The van der Waals surface area contributed by atoms with Crippen LogP contribution in [-0.2, 0) is 21.1 Å². The first-order valence-electron chi connectivity index (χ1n) is 12.0. The molecule has 7 aromatic rings. The number of pyridine rings is 3. The molecule has 0 fully saturated rings.